The molecule has 1 aromatic rings. The molecule has 1 aliphatic rings. The van der Waals surface area contributed by atoms with Crippen molar-refractivity contribution < 1.29 is 9.53 Å². The number of para-hydroxylation sites is 1. The summed E-state index contributed by atoms with van der Waals surface area (Å²) in [5.41, 5.74) is 7.65. The van der Waals surface area contributed by atoms with Crippen LogP contribution in [0.2, 0.25) is 0 Å². The van der Waals surface area contributed by atoms with Gasteiger partial charge in [-0.3, -0.25) is 4.79 Å². The number of ether oxygens (including phenoxy) is 1. The second kappa shape index (κ2) is 5.19. The predicted molar refractivity (Wildman–Crippen MR) is 66.8 cm³/mol. The zero-order valence-electron chi connectivity index (χ0n) is 9.98. The fourth-order valence-corrected chi connectivity index (χ4v) is 2.11. The van der Waals surface area contributed by atoms with Crippen molar-refractivity contribution in [1.29, 1.82) is 0 Å². The fraction of sp³-hybridized carbons (Fsp3) is 0.462. The van der Waals surface area contributed by atoms with Crippen molar-refractivity contribution in [2.75, 3.05) is 11.9 Å². The third-order valence-electron chi connectivity index (χ3n) is 3.03. The molecule has 4 nitrogen and oxygen atoms in total. The van der Waals surface area contributed by atoms with Gasteiger partial charge in [-0.05, 0) is 18.1 Å². The molecule has 0 fully saturated rings. The highest BCUT2D eigenvalue weighted by Crippen LogP contribution is 2.23. The van der Waals surface area contributed by atoms with Crippen molar-refractivity contribution in [3.8, 4) is 0 Å². The lowest BCUT2D eigenvalue weighted by Crippen LogP contribution is -2.39. The number of primary amides is 1. The van der Waals surface area contributed by atoms with Crippen LogP contribution in [0.5, 0.6) is 0 Å². The van der Waals surface area contributed by atoms with Gasteiger partial charge in [-0.2, -0.15) is 0 Å². The number of carbonyl (C=O) groups excluding carboxylic acids is 1. The SMILES string of the molecule is CCC(OC1CNc2ccccc2C1)C(N)=O. The van der Waals surface area contributed by atoms with Crippen molar-refractivity contribution in [3.63, 3.8) is 0 Å². The van der Waals surface area contributed by atoms with Crippen LogP contribution in [-0.4, -0.2) is 24.7 Å². The summed E-state index contributed by atoms with van der Waals surface area (Å²) < 4.78 is 5.72. The molecule has 0 spiro atoms. The quantitative estimate of drug-likeness (QED) is 0.825. The average molecular weight is 234 g/mol. The number of fused-ring (bicyclic) bond motifs is 1. The second-order valence-electron chi connectivity index (χ2n) is 4.30. The van der Waals surface area contributed by atoms with E-state index in [1.165, 1.54) is 5.56 Å². The number of hydrogen-bond acceptors (Lipinski definition) is 3. The lowest BCUT2D eigenvalue weighted by Gasteiger charge is -2.28. The van der Waals surface area contributed by atoms with Gasteiger partial charge in [0.1, 0.15) is 6.10 Å². The smallest absolute Gasteiger partial charge is 0.246 e. The zero-order valence-corrected chi connectivity index (χ0v) is 9.98. The van der Waals surface area contributed by atoms with Crippen molar-refractivity contribution in [2.24, 2.45) is 5.73 Å². The number of hydrogen-bond donors (Lipinski definition) is 2. The molecule has 0 bridgehead atoms. The molecule has 3 N–H and O–H groups in total. The third-order valence-corrected chi connectivity index (χ3v) is 3.03. The highest BCUT2D eigenvalue weighted by Gasteiger charge is 2.23. The van der Waals surface area contributed by atoms with Crippen LogP contribution in [0.3, 0.4) is 0 Å². The molecule has 1 aromatic carbocycles. The van der Waals surface area contributed by atoms with E-state index in [2.05, 4.69) is 17.4 Å². The highest BCUT2D eigenvalue weighted by atomic mass is 16.5. The van der Waals surface area contributed by atoms with Crippen LogP contribution < -0.4 is 11.1 Å². The van der Waals surface area contributed by atoms with E-state index in [-0.39, 0.29) is 12.0 Å². The van der Waals surface area contributed by atoms with E-state index in [0.29, 0.717) is 6.42 Å². The standard InChI is InChI=1S/C13H18N2O2/c1-2-12(13(14)16)17-10-7-9-5-3-4-6-11(9)15-8-10/h3-6,10,12,15H,2,7-8H2,1H3,(H2,14,16). The minimum atomic E-state index is -0.480. The van der Waals surface area contributed by atoms with Crippen LogP contribution >= 0.6 is 0 Å². The zero-order chi connectivity index (χ0) is 12.3. The number of amides is 1. The Morgan fingerprint density at radius 2 is 2.35 bits per heavy atom. The number of nitrogens with two attached hydrogens (primary N) is 1. The molecule has 2 rings (SSSR count). The molecule has 0 radical (unpaired) electrons. The van der Waals surface area contributed by atoms with Gasteiger partial charge in [0.25, 0.3) is 0 Å². The molecule has 92 valence electrons. The summed E-state index contributed by atoms with van der Waals surface area (Å²) in [6.07, 6.45) is 0.981. The van der Waals surface area contributed by atoms with E-state index in [0.717, 1.165) is 18.7 Å². The van der Waals surface area contributed by atoms with Crippen LogP contribution in [-0.2, 0) is 16.0 Å². The topological polar surface area (TPSA) is 64.3 Å². The largest absolute Gasteiger partial charge is 0.382 e. The summed E-state index contributed by atoms with van der Waals surface area (Å²) in [5.74, 6) is -0.383. The highest BCUT2D eigenvalue weighted by molar-refractivity contribution is 5.78. The predicted octanol–water partition coefficient (Wildman–Crippen LogP) is 1.30. The first-order valence-corrected chi connectivity index (χ1v) is 5.97. The Morgan fingerprint density at radius 3 is 3.06 bits per heavy atom. The van der Waals surface area contributed by atoms with Gasteiger partial charge in [0.2, 0.25) is 5.91 Å². The molecule has 1 amide bonds. The Balaban J connectivity index is 2.00. The lowest BCUT2D eigenvalue weighted by molar-refractivity contribution is -0.133. The Kier molecular flexibility index (Phi) is 3.64. The van der Waals surface area contributed by atoms with E-state index in [4.69, 9.17) is 10.5 Å². The van der Waals surface area contributed by atoms with E-state index in [9.17, 15) is 4.79 Å². The van der Waals surface area contributed by atoms with Crippen LogP contribution in [0.15, 0.2) is 24.3 Å². The fourth-order valence-electron chi connectivity index (χ4n) is 2.11. The summed E-state index contributed by atoms with van der Waals surface area (Å²) in [6.45, 7) is 2.63. The van der Waals surface area contributed by atoms with Gasteiger partial charge >= 0.3 is 0 Å². The molecular formula is C13H18N2O2. The molecule has 4 heteroatoms. The maximum atomic E-state index is 11.1. The molecule has 0 aliphatic carbocycles. The van der Waals surface area contributed by atoms with Crippen LogP contribution in [0, 0.1) is 0 Å². The summed E-state index contributed by atoms with van der Waals surface area (Å²) >= 11 is 0. The number of anilines is 1. The number of benzene rings is 1. The number of carbonyl (C=O) groups is 1. The van der Waals surface area contributed by atoms with Crippen molar-refractivity contribution in [3.05, 3.63) is 29.8 Å². The molecule has 0 saturated carbocycles. The summed E-state index contributed by atoms with van der Waals surface area (Å²) in [4.78, 5) is 11.1. The first-order chi connectivity index (χ1) is 8.20. The van der Waals surface area contributed by atoms with Crippen molar-refractivity contribution in [2.45, 2.75) is 32.0 Å². The van der Waals surface area contributed by atoms with Crippen LogP contribution in [0.25, 0.3) is 0 Å². The summed E-state index contributed by atoms with van der Waals surface area (Å²) in [6, 6.07) is 8.14. The molecule has 2 atom stereocenters. The minimum Gasteiger partial charge on any atom is -0.382 e. The van der Waals surface area contributed by atoms with Gasteiger partial charge in [0.15, 0.2) is 0 Å². The van der Waals surface area contributed by atoms with Gasteiger partial charge in [-0.15, -0.1) is 0 Å². The number of nitrogens with one attached hydrogen (secondary N) is 1. The molecule has 17 heavy (non-hydrogen) atoms. The minimum absolute atomic E-state index is 0.0161. The van der Waals surface area contributed by atoms with E-state index >= 15 is 0 Å². The first kappa shape index (κ1) is 11.9. The van der Waals surface area contributed by atoms with Crippen molar-refractivity contribution >= 4 is 11.6 Å². The maximum absolute atomic E-state index is 11.1. The molecular weight excluding hydrogens is 216 g/mol. The molecule has 0 aromatic heterocycles. The van der Waals surface area contributed by atoms with Gasteiger partial charge in [0, 0.05) is 18.7 Å². The third kappa shape index (κ3) is 2.77. The maximum Gasteiger partial charge on any atom is 0.246 e. The van der Waals surface area contributed by atoms with Gasteiger partial charge in [-0.25, -0.2) is 0 Å². The van der Waals surface area contributed by atoms with E-state index in [1.807, 2.05) is 19.1 Å². The first-order valence-electron chi connectivity index (χ1n) is 5.97. The molecule has 1 heterocycles. The van der Waals surface area contributed by atoms with Gasteiger partial charge < -0.3 is 15.8 Å². The Labute approximate surface area is 101 Å². The van der Waals surface area contributed by atoms with Gasteiger partial charge in [-0.1, -0.05) is 25.1 Å². The Morgan fingerprint density at radius 1 is 1.59 bits per heavy atom. The molecule has 1 aliphatic heterocycles. The van der Waals surface area contributed by atoms with Gasteiger partial charge in [0.05, 0.1) is 6.10 Å². The average Bonchev–Trinajstić information content (AvgIpc) is 2.35. The Hall–Kier alpha value is -1.55. The summed E-state index contributed by atoms with van der Waals surface area (Å²) in [7, 11) is 0. The lowest BCUT2D eigenvalue weighted by atomic mass is 10.0. The van der Waals surface area contributed by atoms with E-state index < -0.39 is 6.10 Å². The van der Waals surface area contributed by atoms with Crippen molar-refractivity contribution in [1.82, 2.24) is 0 Å². The molecule has 0 saturated heterocycles. The molecule has 2 unspecified atom stereocenters. The normalized spacial score (nSPS) is 20.2. The second-order valence-corrected chi connectivity index (χ2v) is 4.30. The monoisotopic (exact) mass is 234 g/mol. The number of rotatable bonds is 4. The summed E-state index contributed by atoms with van der Waals surface area (Å²) in [5, 5.41) is 3.30. The van der Waals surface area contributed by atoms with Crippen LogP contribution in [0.4, 0.5) is 5.69 Å². The Bertz CT molecular complexity index is 406. The van der Waals surface area contributed by atoms with Crippen LogP contribution in [0.1, 0.15) is 18.9 Å². The van der Waals surface area contributed by atoms with E-state index in [1.54, 1.807) is 0 Å².